The second kappa shape index (κ2) is 28.1. The maximum Gasteiger partial charge on any atom is 0.127 e. The van der Waals surface area contributed by atoms with Gasteiger partial charge in [-0.2, -0.15) is 0 Å². The smallest absolute Gasteiger partial charge is 0.127 e. The van der Waals surface area contributed by atoms with Crippen LogP contribution in [0.5, 0.6) is 0 Å². The molecule has 0 amide bonds. The first-order valence-corrected chi connectivity index (χ1v) is 19.6. The normalized spacial score (nSPS) is 14.8. The highest BCUT2D eigenvalue weighted by atomic mass is 15.4. The van der Waals surface area contributed by atoms with Crippen molar-refractivity contribution in [1.29, 1.82) is 0 Å². The third-order valence-electron chi connectivity index (χ3n) is 9.72. The van der Waals surface area contributed by atoms with Crippen LogP contribution in [0.2, 0.25) is 0 Å². The molecule has 0 aromatic heterocycles. The van der Waals surface area contributed by atoms with Crippen LogP contribution in [0.1, 0.15) is 205 Å². The van der Waals surface area contributed by atoms with Gasteiger partial charge in [-0.1, -0.05) is 211 Å². The fraction of sp³-hybridized carbons (Fsp3) is 0.805. The van der Waals surface area contributed by atoms with Gasteiger partial charge in [0.2, 0.25) is 0 Å². The van der Waals surface area contributed by atoms with E-state index in [1.54, 1.807) is 0 Å². The zero-order valence-electron chi connectivity index (χ0n) is 29.2. The zero-order chi connectivity index (χ0) is 30.5. The number of nitrogens with zero attached hydrogens (tertiary/aromatic N) is 2. The molecule has 0 aliphatic carbocycles. The number of rotatable bonds is 31. The van der Waals surface area contributed by atoms with Gasteiger partial charge >= 0.3 is 0 Å². The van der Waals surface area contributed by atoms with Gasteiger partial charge in [-0.15, -0.1) is 0 Å². The van der Waals surface area contributed by atoms with Crippen molar-refractivity contribution >= 4 is 0 Å². The first-order valence-electron chi connectivity index (χ1n) is 19.6. The van der Waals surface area contributed by atoms with E-state index in [0.29, 0.717) is 6.17 Å². The minimum atomic E-state index is 0.394. The Kier molecular flexibility index (Phi) is 24.6. The van der Waals surface area contributed by atoms with Gasteiger partial charge in [0.15, 0.2) is 0 Å². The van der Waals surface area contributed by atoms with Crippen molar-refractivity contribution in [2.75, 3.05) is 13.1 Å². The summed E-state index contributed by atoms with van der Waals surface area (Å²) in [7, 11) is 0. The van der Waals surface area contributed by atoms with E-state index in [1.807, 2.05) is 0 Å². The molecule has 43 heavy (non-hydrogen) atoms. The molecule has 0 saturated heterocycles. The SMILES string of the molecule is CCCCCCCCCCCCCCCCCN1C=CN(CCCCCCCCCCCCCCC)C1c1ccccc1. The molecule has 0 bridgehead atoms. The average molecular weight is 595 g/mol. The summed E-state index contributed by atoms with van der Waals surface area (Å²) in [6.45, 7) is 6.98. The molecule has 1 aromatic rings. The molecule has 1 unspecified atom stereocenters. The molecule has 2 nitrogen and oxygen atoms in total. The zero-order valence-corrected chi connectivity index (χ0v) is 29.2. The van der Waals surface area contributed by atoms with E-state index >= 15 is 0 Å². The van der Waals surface area contributed by atoms with Crippen LogP contribution in [0.25, 0.3) is 0 Å². The third-order valence-corrected chi connectivity index (χ3v) is 9.72. The topological polar surface area (TPSA) is 6.48 Å². The fourth-order valence-electron chi connectivity index (χ4n) is 6.90. The predicted octanol–water partition coefficient (Wildman–Crippen LogP) is 13.7. The summed E-state index contributed by atoms with van der Waals surface area (Å²) < 4.78 is 0. The quantitative estimate of drug-likeness (QED) is 0.0789. The summed E-state index contributed by atoms with van der Waals surface area (Å²) >= 11 is 0. The van der Waals surface area contributed by atoms with Crippen LogP contribution in [0.4, 0.5) is 0 Å². The molecule has 1 heterocycles. The van der Waals surface area contributed by atoms with Crippen LogP contribution in [0.3, 0.4) is 0 Å². The van der Waals surface area contributed by atoms with Crippen LogP contribution in [0, 0.1) is 0 Å². The molecule has 2 rings (SSSR count). The lowest BCUT2D eigenvalue weighted by Gasteiger charge is -2.33. The number of hydrogen-bond acceptors (Lipinski definition) is 2. The molecule has 0 fully saturated rings. The Hall–Kier alpha value is -1.44. The van der Waals surface area contributed by atoms with Gasteiger partial charge in [0, 0.05) is 25.5 Å². The first-order chi connectivity index (χ1) is 21.4. The second-order valence-corrected chi connectivity index (χ2v) is 13.8. The Labute approximate surface area is 270 Å². The summed E-state index contributed by atoms with van der Waals surface area (Å²) in [6, 6.07) is 11.2. The van der Waals surface area contributed by atoms with Crippen LogP contribution in [-0.2, 0) is 0 Å². The van der Waals surface area contributed by atoms with Gasteiger partial charge in [-0.25, -0.2) is 0 Å². The molecule has 1 atom stereocenters. The first kappa shape index (κ1) is 37.7. The molecule has 248 valence electrons. The largest absolute Gasteiger partial charge is 0.352 e. The summed E-state index contributed by atoms with van der Waals surface area (Å²) in [5.74, 6) is 0. The summed E-state index contributed by atoms with van der Waals surface area (Å²) in [4.78, 5) is 5.22. The minimum Gasteiger partial charge on any atom is -0.352 e. The van der Waals surface area contributed by atoms with E-state index in [-0.39, 0.29) is 0 Å². The van der Waals surface area contributed by atoms with Crippen molar-refractivity contribution in [3.8, 4) is 0 Å². The van der Waals surface area contributed by atoms with Gasteiger partial charge < -0.3 is 9.80 Å². The second-order valence-electron chi connectivity index (χ2n) is 13.8. The molecule has 0 saturated carbocycles. The monoisotopic (exact) mass is 595 g/mol. The van der Waals surface area contributed by atoms with Gasteiger partial charge in [-0.3, -0.25) is 0 Å². The fourth-order valence-corrected chi connectivity index (χ4v) is 6.90. The van der Waals surface area contributed by atoms with Crippen molar-refractivity contribution in [2.45, 2.75) is 200 Å². The Morgan fingerprint density at radius 1 is 0.372 bits per heavy atom. The van der Waals surface area contributed by atoms with E-state index in [1.165, 1.54) is 198 Å². The highest BCUT2D eigenvalue weighted by Crippen LogP contribution is 2.31. The molecular weight excluding hydrogens is 520 g/mol. The summed E-state index contributed by atoms with van der Waals surface area (Å²) in [6.07, 6.45) is 45.1. The lowest BCUT2D eigenvalue weighted by molar-refractivity contribution is 0.149. The van der Waals surface area contributed by atoms with Crippen LogP contribution in [0.15, 0.2) is 42.7 Å². The Balaban J connectivity index is 1.50. The van der Waals surface area contributed by atoms with Crippen molar-refractivity contribution in [3.05, 3.63) is 48.3 Å². The van der Waals surface area contributed by atoms with Gasteiger partial charge in [-0.05, 0) is 18.4 Å². The van der Waals surface area contributed by atoms with E-state index in [0.717, 1.165) is 0 Å². The summed E-state index contributed by atoms with van der Waals surface area (Å²) in [5, 5.41) is 0. The molecule has 1 aliphatic rings. The molecule has 1 aliphatic heterocycles. The van der Waals surface area contributed by atoms with Crippen LogP contribution < -0.4 is 0 Å². The molecular formula is C41H74N2. The maximum absolute atomic E-state index is 2.61. The highest BCUT2D eigenvalue weighted by Gasteiger charge is 2.26. The molecule has 1 aromatic carbocycles. The predicted molar refractivity (Wildman–Crippen MR) is 192 cm³/mol. The van der Waals surface area contributed by atoms with Gasteiger partial charge in [0.05, 0.1) is 0 Å². The molecule has 0 N–H and O–H groups in total. The van der Waals surface area contributed by atoms with Crippen molar-refractivity contribution in [1.82, 2.24) is 9.80 Å². The highest BCUT2D eigenvalue weighted by molar-refractivity contribution is 5.21. The third kappa shape index (κ3) is 19.5. The van der Waals surface area contributed by atoms with Crippen LogP contribution >= 0.6 is 0 Å². The van der Waals surface area contributed by atoms with E-state index < -0.39 is 0 Å². The van der Waals surface area contributed by atoms with Crippen molar-refractivity contribution in [2.24, 2.45) is 0 Å². The van der Waals surface area contributed by atoms with Gasteiger partial charge in [0.1, 0.15) is 6.17 Å². The maximum atomic E-state index is 2.61. The number of benzene rings is 1. The summed E-state index contributed by atoms with van der Waals surface area (Å²) in [5.41, 5.74) is 1.45. The Morgan fingerprint density at radius 2 is 0.651 bits per heavy atom. The number of unbranched alkanes of at least 4 members (excludes halogenated alkanes) is 26. The standard InChI is InChI=1S/C41H74N2/c1-3-5-7-9-11-13-15-17-18-20-22-24-26-28-33-37-43-39-38-42(41(43)40-34-30-29-31-35-40)36-32-27-25-23-21-19-16-14-12-10-8-6-4-2/h29-31,34-35,38-39,41H,3-28,32-33,36-37H2,1-2H3. The Bertz CT molecular complexity index is 728. The van der Waals surface area contributed by atoms with E-state index in [9.17, 15) is 0 Å². The van der Waals surface area contributed by atoms with E-state index in [2.05, 4.69) is 66.4 Å². The lowest BCUT2D eigenvalue weighted by Crippen LogP contribution is -2.32. The van der Waals surface area contributed by atoms with Crippen molar-refractivity contribution in [3.63, 3.8) is 0 Å². The lowest BCUT2D eigenvalue weighted by atomic mass is 10.0. The van der Waals surface area contributed by atoms with Gasteiger partial charge in [0.25, 0.3) is 0 Å². The average Bonchev–Trinajstić information content (AvgIpc) is 3.44. The molecule has 2 heteroatoms. The van der Waals surface area contributed by atoms with E-state index in [4.69, 9.17) is 0 Å². The molecule has 0 spiro atoms. The minimum absolute atomic E-state index is 0.394. The molecule has 0 radical (unpaired) electrons. The van der Waals surface area contributed by atoms with Crippen LogP contribution in [-0.4, -0.2) is 22.9 Å². The number of hydrogen-bond donors (Lipinski definition) is 0. The Morgan fingerprint density at radius 3 is 0.953 bits per heavy atom. The van der Waals surface area contributed by atoms with Crippen molar-refractivity contribution < 1.29 is 0 Å².